The van der Waals surface area contributed by atoms with E-state index in [0.717, 1.165) is 18.8 Å². The summed E-state index contributed by atoms with van der Waals surface area (Å²) in [4.78, 5) is 14.2. The van der Waals surface area contributed by atoms with Crippen LogP contribution in [0.4, 0.5) is 11.4 Å². The van der Waals surface area contributed by atoms with E-state index in [1.165, 1.54) is 0 Å². The average Bonchev–Trinajstić information content (AvgIpc) is 2.61. The van der Waals surface area contributed by atoms with Crippen LogP contribution in [-0.2, 0) is 4.79 Å². The monoisotopic (exact) mass is 323 g/mol. The third-order valence-corrected chi connectivity index (χ3v) is 3.59. The number of amides is 1. The summed E-state index contributed by atoms with van der Waals surface area (Å²) in [6.07, 6.45) is 0. The third-order valence-electron chi connectivity index (χ3n) is 3.59. The van der Waals surface area contributed by atoms with Gasteiger partial charge in [0.1, 0.15) is 5.75 Å². The van der Waals surface area contributed by atoms with Crippen molar-refractivity contribution in [2.45, 2.75) is 13.8 Å². The summed E-state index contributed by atoms with van der Waals surface area (Å²) in [5.41, 5.74) is 2.15. The van der Waals surface area contributed by atoms with Crippen molar-refractivity contribution >= 4 is 17.3 Å². The standard InChI is InChI=1S/C19H21N3O2/c1-3-22(4-2)17-9-6-10-18(12-17)24-14-19(23)21-16-8-5-7-15(11-16)13-20/h5-12H,3-4,14H2,1-2H3,(H,21,23). The minimum absolute atomic E-state index is 0.0848. The molecule has 0 atom stereocenters. The first kappa shape index (κ1) is 17.4. The molecule has 0 aromatic heterocycles. The Morgan fingerprint density at radius 2 is 1.92 bits per heavy atom. The summed E-state index contributed by atoms with van der Waals surface area (Å²) < 4.78 is 5.57. The fraction of sp³-hybridized carbons (Fsp3) is 0.263. The van der Waals surface area contributed by atoms with Crippen LogP contribution >= 0.6 is 0 Å². The van der Waals surface area contributed by atoms with E-state index in [1.54, 1.807) is 24.3 Å². The molecule has 1 N–H and O–H groups in total. The summed E-state index contributed by atoms with van der Waals surface area (Å²) in [7, 11) is 0. The number of benzene rings is 2. The van der Waals surface area contributed by atoms with Crippen LogP contribution in [0.1, 0.15) is 19.4 Å². The maximum atomic E-state index is 12.0. The first-order valence-electron chi connectivity index (χ1n) is 7.94. The van der Waals surface area contributed by atoms with Crippen molar-refractivity contribution in [2.24, 2.45) is 0 Å². The van der Waals surface area contributed by atoms with Crippen LogP contribution in [0.2, 0.25) is 0 Å². The Bertz CT molecular complexity index is 733. The number of ether oxygens (including phenoxy) is 1. The number of nitrogens with zero attached hydrogens (tertiary/aromatic N) is 2. The van der Waals surface area contributed by atoms with Crippen molar-refractivity contribution in [2.75, 3.05) is 29.9 Å². The van der Waals surface area contributed by atoms with Crippen LogP contribution < -0.4 is 15.0 Å². The molecule has 124 valence electrons. The van der Waals surface area contributed by atoms with Gasteiger partial charge in [0.15, 0.2) is 6.61 Å². The molecule has 0 saturated carbocycles. The lowest BCUT2D eigenvalue weighted by atomic mass is 10.2. The first-order chi connectivity index (χ1) is 11.7. The fourth-order valence-corrected chi connectivity index (χ4v) is 2.37. The summed E-state index contributed by atoms with van der Waals surface area (Å²) in [6, 6.07) is 16.5. The lowest BCUT2D eigenvalue weighted by Crippen LogP contribution is -2.22. The Hall–Kier alpha value is -3.00. The van der Waals surface area contributed by atoms with Crippen LogP contribution in [0.3, 0.4) is 0 Å². The Kier molecular flexibility index (Phi) is 6.21. The highest BCUT2D eigenvalue weighted by atomic mass is 16.5. The van der Waals surface area contributed by atoms with Crippen LogP contribution in [0.5, 0.6) is 5.75 Å². The second kappa shape index (κ2) is 8.59. The van der Waals surface area contributed by atoms with Gasteiger partial charge in [-0.25, -0.2) is 0 Å². The van der Waals surface area contributed by atoms with Gasteiger partial charge < -0.3 is 15.0 Å². The Balaban J connectivity index is 1.94. The SMILES string of the molecule is CCN(CC)c1cccc(OCC(=O)Nc2cccc(C#N)c2)c1. The lowest BCUT2D eigenvalue weighted by molar-refractivity contribution is -0.118. The van der Waals surface area contributed by atoms with Crippen LogP contribution in [-0.4, -0.2) is 25.6 Å². The third kappa shape index (κ3) is 4.75. The van der Waals surface area contributed by atoms with Crippen molar-refractivity contribution in [3.05, 3.63) is 54.1 Å². The van der Waals surface area contributed by atoms with Gasteiger partial charge in [-0.3, -0.25) is 4.79 Å². The number of anilines is 2. The molecule has 0 aliphatic rings. The van der Waals surface area contributed by atoms with E-state index in [0.29, 0.717) is 17.0 Å². The highest BCUT2D eigenvalue weighted by Crippen LogP contribution is 2.21. The molecule has 0 saturated heterocycles. The molecule has 0 fully saturated rings. The van der Waals surface area contributed by atoms with E-state index < -0.39 is 0 Å². The zero-order valence-corrected chi connectivity index (χ0v) is 14.0. The average molecular weight is 323 g/mol. The predicted octanol–water partition coefficient (Wildman–Crippen LogP) is 3.42. The van der Waals surface area contributed by atoms with E-state index >= 15 is 0 Å². The van der Waals surface area contributed by atoms with Crippen LogP contribution in [0.15, 0.2) is 48.5 Å². The number of hydrogen-bond donors (Lipinski definition) is 1. The Morgan fingerprint density at radius 3 is 2.62 bits per heavy atom. The molecule has 5 nitrogen and oxygen atoms in total. The van der Waals surface area contributed by atoms with Gasteiger partial charge in [-0.15, -0.1) is 0 Å². The number of hydrogen-bond acceptors (Lipinski definition) is 4. The molecule has 24 heavy (non-hydrogen) atoms. The van der Waals surface area contributed by atoms with E-state index in [-0.39, 0.29) is 12.5 Å². The van der Waals surface area contributed by atoms with Crippen molar-refractivity contribution in [1.29, 1.82) is 5.26 Å². The molecule has 0 spiro atoms. The van der Waals surface area contributed by atoms with Gasteiger partial charge in [-0.05, 0) is 44.2 Å². The first-order valence-corrected chi connectivity index (χ1v) is 7.94. The maximum absolute atomic E-state index is 12.0. The zero-order valence-electron chi connectivity index (χ0n) is 14.0. The topological polar surface area (TPSA) is 65.4 Å². The summed E-state index contributed by atoms with van der Waals surface area (Å²) in [5, 5.41) is 11.6. The number of nitrogens with one attached hydrogen (secondary N) is 1. The quantitative estimate of drug-likeness (QED) is 0.848. The molecule has 0 aliphatic carbocycles. The number of nitriles is 1. The number of carbonyl (C=O) groups is 1. The van der Waals surface area contributed by atoms with Crippen molar-refractivity contribution < 1.29 is 9.53 Å². The molecule has 2 aromatic carbocycles. The molecule has 2 rings (SSSR count). The molecular formula is C19H21N3O2. The Morgan fingerprint density at radius 1 is 1.17 bits per heavy atom. The number of carbonyl (C=O) groups excluding carboxylic acids is 1. The second-order valence-electron chi connectivity index (χ2n) is 5.20. The van der Waals surface area contributed by atoms with E-state index in [4.69, 9.17) is 10.00 Å². The van der Waals surface area contributed by atoms with Gasteiger partial charge in [0, 0.05) is 30.5 Å². The van der Waals surface area contributed by atoms with Gasteiger partial charge >= 0.3 is 0 Å². The highest BCUT2D eigenvalue weighted by Gasteiger charge is 2.07. The molecule has 0 unspecified atom stereocenters. The maximum Gasteiger partial charge on any atom is 0.262 e. The van der Waals surface area contributed by atoms with Gasteiger partial charge in [0.25, 0.3) is 5.91 Å². The zero-order chi connectivity index (χ0) is 17.4. The predicted molar refractivity (Wildman–Crippen MR) is 95.3 cm³/mol. The normalized spacial score (nSPS) is 9.88. The second-order valence-corrected chi connectivity index (χ2v) is 5.20. The molecular weight excluding hydrogens is 302 g/mol. The van der Waals surface area contributed by atoms with Gasteiger partial charge in [-0.1, -0.05) is 12.1 Å². The highest BCUT2D eigenvalue weighted by molar-refractivity contribution is 5.92. The van der Waals surface area contributed by atoms with Gasteiger partial charge in [-0.2, -0.15) is 5.26 Å². The summed E-state index contributed by atoms with van der Waals surface area (Å²) in [5.74, 6) is 0.388. The smallest absolute Gasteiger partial charge is 0.262 e. The minimum Gasteiger partial charge on any atom is -0.484 e. The molecule has 0 heterocycles. The van der Waals surface area contributed by atoms with Crippen molar-refractivity contribution in [3.8, 4) is 11.8 Å². The molecule has 5 heteroatoms. The van der Waals surface area contributed by atoms with Gasteiger partial charge in [0.05, 0.1) is 11.6 Å². The van der Waals surface area contributed by atoms with Crippen LogP contribution in [0, 0.1) is 11.3 Å². The van der Waals surface area contributed by atoms with Crippen molar-refractivity contribution in [1.82, 2.24) is 0 Å². The van der Waals surface area contributed by atoms with E-state index in [1.807, 2.05) is 30.3 Å². The summed E-state index contributed by atoms with van der Waals surface area (Å²) >= 11 is 0. The largest absolute Gasteiger partial charge is 0.484 e. The Labute approximate surface area is 142 Å². The van der Waals surface area contributed by atoms with Crippen LogP contribution in [0.25, 0.3) is 0 Å². The molecule has 0 bridgehead atoms. The molecule has 0 radical (unpaired) electrons. The molecule has 0 aliphatic heterocycles. The lowest BCUT2D eigenvalue weighted by Gasteiger charge is -2.21. The minimum atomic E-state index is -0.265. The molecule has 2 aromatic rings. The molecule has 1 amide bonds. The fourth-order valence-electron chi connectivity index (χ4n) is 2.37. The number of rotatable bonds is 7. The van der Waals surface area contributed by atoms with E-state index in [9.17, 15) is 4.79 Å². The van der Waals surface area contributed by atoms with E-state index in [2.05, 4.69) is 24.1 Å². The van der Waals surface area contributed by atoms with Gasteiger partial charge in [0.2, 0.25) is 0 Å². The summed E-state index contributed by atoms with van der Waals surface area (Å²) in [6.45, 7) is 5.93. The van der Waals surface area contributed by atoms with Crippen molar-refractivity contribution in [3.63, 3.8) is 0 Å².